The Morgan fingerprint density at radius 3 is 2.21 bits per heavy atom. The van der Waals surface area contributed by atoms with Crippen LogP contribution in [0, 0.1) is 6.92 Å². The monoisotopic (exact) mass is 522 g/mol. The van der Waals surface area contributed by atoms with E-state index in [9.17, 15) is 18.0 Å². The van der Waals surface area contributed by atoms with Gasteiger partial charge in [-0.2, -0.15) is 13.2 Å². The quantitative estimate of drug-likeness (QED) is 0.222. The number of nitrogens with zero attached hydrogens (tertiary/aromatic N) is 1. The third-order valence-corrected chi connectivity index (χ3v) is 6.44. The molecule has 0 saturated carbocycles. The molecule has 0 spiro atoms. The molecule has 0 radical (unpaired) electrons. The molecule has 198 valence electrons. The Balaban J connectivity index is 1.42. The van der Waals surface area contributed by atoms with Crippen LogP contribution in [-0.2, 0) is 23.8 Å². The van der Waals surface area contributed by atoms with E-state index in [2.05, 4.69) is 10.5 Å². The number of carboxylic acid groups (broad SMARTS) is 1. The largest absolute Gasteiger partial charge is 0.481 e. The van der Waals surface area contributed by atoms with Crippen LogP contribution in [0.15, 0.2) is 77.3 Å². The minimum absolute atomic E-state index is 0.0275. The normalized spacial score (nSPS) is 12.3. The van der Waals surface area contributed by atoms with Gasteiger partial charge in [-0.3, -0.25) is 4.79 Å². The Morgan fingerprint density at radius 2 is 1.58 bits per heavy atom. The van der Waals surface area contributed by atoms with Crippen molar-refractivity contribution >= 4 is 11.7 Å². The molecule has 0 saturated heterocycles. The predicted molar refractivity (Wildman–Crippen MR) is 141 cm³/mol. The topological polar surface area (TPSA) is 75.4 Å². The molecule has 4 aromatic rings. The summed E-state index contributed by atoms with van der Waals surface area (Å²) < 4.78 is 44.7. The Morgan fingerprint density at radius 1 is 0.947 bits per heavy atom. The zero-order chi connectivity index (χ0) is 27.3. The number of aromatic nitrogens is 1. The molecule has 0 amide bonds. The smallest absolute Gasteiger partial charge is 0.416 e. The summed E-state index contributed by atoms with van der Waals surface area (Å²) in [4.78, 5) is 10.8. The van der Waals surface area contributed by atoms with Gasteiger partial charge in [-0.05, 0) is 61.4 Å². The molecule has 0 aliphatic rings. The van der Waals surface area contributed by atoms with Crippen LogP contribution in [0.5, 0.6) is 0 Å². The lowest BCUT2D eigenvalue weighted by Crippen LogP contribution is -2.17. The standard InChI is InChI=1S/C30H29F3N2O3/c1-19(6-7-22-4-3-5-26(18-22)30(31,32)33)34-28-20(2)35-38-29(28)25-15-13-24(14-16-25)23-11-8-21(9-12-23)10-17-27(36)37/h3-5,8-9,11-16,18-19,34H,6-7,10,17H2,1-2H3,(H,36,37). The molecule has 0 aliphatic heterocycles. The summed E-state index contributed by atoms with van der Waals surface area (Å²) in [6.45, 7) is 3.82. The van der Waals surface area contributed by atoms with Crippen LogP contribution in [0.2, 0.25) is 0 Å². The van der Waals surface area contributed by atoms with Crippen LogP contribution in [-0.4, -0.2) is 22.3 Å². The van der Waals surface area contributed by atoms with E-state index in [4.69, 9.17) is 9.63 Å². The van der Waals surface area contributed by atoms with Gasteiger partial charge in [0.25, 0.3) is 0 Å². The van der Waals surface area contributed by atoms with Crippen molar-refractivity contribution in [2.24, 2.45) is 0 Å². The van der Waals surface area contributed by atoms with Gasteiger partial charge in [-0.1, -0.05) is 71.9 Å². The highest BCUT2D eigenvalue weighted by Crippen LogP contribution is 2.34. The molecular weight excluding hydrogens is 493 g/mol. The van der Waals surface area contributed by atoms with E-state index in [1.165, 1.54) is 12.1 Å². The molecule has 1 aromatic heterocycles. The number of anilines is 1. The minimum Gasteiger partial charge on any atom is -0.481 e. The Labute approximate surface area is 219 Å². The fraction of sp³-hybridized carbons (Fsp3) is 0.267. The van der Waals surface area contributed by atoms with Crippen molar-refractivity contribution in [2.75, 3.05) is 5.32 Å². The number of nitrogens with one attached hydrogen (secondary N) is 1. The molecule has 1 heterocycles. The fourth-order valence-corrected chi connectivity index (χ4v) is 4.27. The number of alkyl halides is 3. The zero-order valence-electron chi connectivity index (χ0n) is 21.2. The summed E-state index contributed by atoms with van der Waals surface area (Å²) in [5.41, 5.74) is 5.32. The molecule has 0 fully saturated rings. The lowest BCUT2D eigenvalue weighted by Gasteiger charge is -2.16. The van der Waals surface area contributed by atoms with E-state index in [0.29, 0.717) is 36.3 Å². The number of aliphatic carboxylic acids is 1. The van der Waals surface area contributed by atoms with E-state index >= 15 is 0 Å². The van der Waals surface area contributed by atoms with Gasteiger partial charge in [0.2, 0.25) is 0 Å². The minimum atomic E-state index is -4.35. The lowest BCUT2D eigenvalue weighted by atomic mass is 10.00. The third kappa shape index (κ3) is 6.82. The molecule has 0 aliphatic carbocycles. The molecule has 0 bridgehead atoms. The zero-order valence-corrected chi connectivity index (χ0v) is 21.2. The Kier molecular flexibility index (Phi) is 8.20. The van der Waals surface area contributed by atoms with Crippen LogP contribution in [0.3, 0.4) is 0 Å². The van der Waals surface area contributed by atoms with Crippen molar-refractivity contribution in [3.63, 3.8) is 0 Å². The molecule has 1 unspecified atom stereocenters. The van der Waals surface area contributed by atoms with Crippen LogP contribution in [0.1, 0.15) is 42.1 Å². The summed E-state index contributed by atoms with van der Waals surface area (Å²) in [6, 6.07) is 21.1. The average molecular weight is 523 g/mol. The number of aryl methyl sites for hydroxylation is 3. The molecule has 2 N–H and O–H groups in total. The first-order valence-electron chi connectivity index (χ1n) is 12.4. The third-order valence-electron chi connectivity index (χ3n) is 6.44. The van der Waals surface area contributed by atoms with Crippen LogP contribution < -0.4 is 5.32 Å². The van der Waals surface area contributed by atoms with Gasteiger partial charge in [-0.25, -0.2) is 0 Å². The molecule has 5 nitrogen and oxygen atoms in total. The SMILES string of the molecule is Cc1noc(-c2ccc(-c3ccc(CCC(=O)O)cc3)cc2)c1NC(C)CCc1cccc(C(F)(F)F)c1. The van der Waals surface area contributed by atoms with Crippen molar-refractivity contribution in [1.82, 2.24) is 5.16 Å². The van der Waals surface area contributed by atoms with Crippen LogP contribution >= 0.6 is 0 Å². The van der Waals surface area contributed by atoms with Crippen molar-refractivity contribution in [1.29, 1.82) is 0 Å². The van der Waals surface area contributed by atoms with Gasteiger partial charge in [0.1, 0.15) is 11.4 Å². The summed E-state index contributed by atoms with van der Waals surface area (Å²) in [7, 11) is 0. The van der Waals surface area contributed by atoms with E-state index in [-0.39, 0.29) is 12.5 Å². The van der Waals surface area contributed by atoms with Crippen molar-refractivity contribution in [2.45, 2.75) is 51.7 Å². The summed E-state index contributed by atoms with van der Waals surface area (Å²) >= 11 is 0. The Hall–Kier alpha value is -4.07. The van der Waals surface area contributed by atoms with E-state index in [1.54, 1.807) is 6.07 Å². The van der Waals surface area contributed by atoms with E-state index in [0.717, 1.165) is 34.0 Å². The number of hydrogen-bond acceptors (Lipinski definition) is 4. The first-order valence-corrected chi connectivity index (χ1v) is 12.4. The second-order valence-electron chi connectivity index (χ2n) is 9.42. The highest BCUT2D eigenvalue weighted by atomic mass is 19.4. The van der Waals surface area contributed by atoms with Gasteiger partial charge in [0, 0.05) is 18.0 Å². The van der Waals surface area contributed by atoms with E-state index in [1.807, 2.05) is 62.4 Å². The van der Waals surface area contributed by atoms with Crippen molar-refractivity contribution in [3.05, 3.63) is 95.2 Å². The molecular formula is C30H29F3N2O3. The van der Waals surface area contributed by atoms with Crippen LogP contribution in [0.25, 0.3) is 22.5 Å². The molecule has 38 heavy (non-hydrogen) atoms. The van der Waals surface area contributed by atoms with Gasteiger partial charge in [0.05, 0.1) is 5.56 Å². The van der Waals surface area contributed by atoms with Gasteiger partial charge < -0.3 is 14.9 Å². The van der Waals surface area contributed by atoms with E-state index < -0.39 is 17.7 Å². The number of carbonyl (C=O) groups is 1. The molecule has 4 rings (SSSR count). The second-order valence-corrected chi connectivity index (χ2v) is 9.42. The van der Waals surface area contributed by atoms with Gasteiger partial charge in [0.15, 0.2) is 5.76 Å². The van der Waals surface area contributed by atoms with Crippen molar-refractivity contribution in [3.8, 4) is 22.5 Å². The van der Waals surface area contributed by atoms with Gasteiger partial charge in [-0.15, -0.1) is 0 Å². The van der Waals surface area contributed by atoms with Gasteiger partial charge >= 0.3 is 12.1 Å². The average Bonchev–Trinajstić information content (AvgIpc) is 3.26. The highest BCUT2D eigenvalue weighted by Gasteiger charge is 2.30. The predicted octanol–water partition coefficient (Wildman–Crippen LogP) is 7.79. The number of benzene rings is 3. The first kappa shape index (κ1) is 27.0. The summed E-state index contributed by atoms with van der Waals surface area (Å²) in [5.74, 6) is -0.213. The maximum absolute atomic E-state index is 13.0. The molecule has 1 atom stereocenters. The summed E-state index contributed by atoms with van der Waals surface area (Å²) in [6.07, 6.45) is -2.62. The number of hydrogen-bond donors (Lipinski definition) is 2. The maximum Gasteiger partial charge on any atom is 0.416 e. The van der Waals surface area contributed by atoms with Crippen molar-refractivity contribution < 1.29 is 27.6 Å². The molecule has 8 heteroatoms. The fourth-order valence-electron chi connectivity index (χ4n) is 4.27. The Bertz CT molecular complexity index is 1380. The second kappa shape index (κ2) is 11.5. The number of carboxylic acids is 1. The first-order chi connectivity index (χ1) is 18.1. The highest BCUT2D eigenvalue weighted by molar-refractivity contribution is 5.76. The molecule has 3 aromatic carbocycles. The maximum atomic E-state index is 13.0. The number of halogens is 3. The van der Waals surface area contributed by atoms with Crippen LogP contribution in [0.4, 0.5) is 18.9 Å². The number of rotatable bonds is 10. The lowest BCUT2D eigenvalue weighted by molar-refractivity contribution is -0.138. The summed E-state index contributed by atoms with van der Waals surface area (Å²) in [5, 5.41) is 16.4.